The number of thiazole rings is 1. The molecule has 5 heteroatoms. The normalized spacial score (nSPS) is 14.8. The Kier molecular flexibility index (Phi) is 4.28. The summed E-state index contributed by atoms with van der Waals surface area (Å²) in [5.41, 5.74) is 5.81. The van der Waals surface area contributed by atoms with Gasteiger partial charge in [-0.2, -0.15) is 0 Å². The molecule has 4 nitrogen and oxygen atoms in total. The maximum Gasteiger partial charge on any atom is 0.125 e. The number of pyridine rings is 1. The molecule has 3 aromatic rings. The van der Waals surface area contributed by atoms with Gasteiger partial charge in [-0.05, 0) is 36.8 Å². The van der Waals surface area contributed by atoms with E-state index >= 15 is 0 Å². The number of hydrogen-bond donors (Lipinski definition) is 0. The van der Waals surface area contributed by atoms with Gasteiger partial charge in [-0.15, -0.1) is 11.3 Å². The SMILES string of the molecule is Cc1cc(N2CCOCC2)ccc1-c1csc(-c2cccnc2)n1. The molecule has 0 unspecified atom stereocenters. The van der Waals surface area contributed by atoms with E-state index in [1.54, 1.807) is 17.5 Å². The van der Waals surface area contributed by atoms with Crippen molar-refractivity contribution in [1.29, 1.82) is 0 Å². The third kappa shape index (κ3) is 3.05. The van der Waals surface area contributed by atoms with Crippen molar-refractivity contribution in [2.45, 2.75) is 6.92 Å². The molecule has 2 aromatic heterocycles. The summed E-state index contributed by atoms with van der Waals surface area (Å²) >= 11 is 1.66. The first kappa shape index (κ1) is 15.3. The Hall–Kier alpha value is -2.24. The summed E-state index contributed by atoms with van der Waals surface area (Å²) in [4.78, 5) is 11.4. The lowest BCUT2D eigenvalue weighted by Gasteiger charge is -2.29. The summed E-state index contributed by atoms with van der Waals surface area (Å²) < 4.78 is 5.43. The number of anilines is 1. The summed E-state index contributed by atoms with van der Waals surface area (Å²) in [5, 5.41) is 3.13. The van der Waals surface area contributed by atoms with Crippen LogP contribution in [0.15, 0.2) is 48.1 Å². The smallest absolute Gasteiger partial charge is 0.125 e. The number of aryl methyl sites for hydroxylation is 1. The van der Waals surface area contributed by atoms with E-state index in [4.69, 9.17) is 9.72 Å². The molecule has 1 saturated heterocycles. The van der Waals surface area contributed by atoms with E-state index in [2.05, 4.69) is 40.4 Å². The van der Waals surface area contributed by atoms with Crippen LogP contribution in [0, 0.1) is 6.92 Å². The van der Waals surface area contributed by atoms with Gasteiger partial charge in [-0.3, -0.25) is 4.98 Å². The second kappa shape index (κ2) is 6.71. The van der Waals surface area contributed by atoms with Crippen molar-refractivity contribution in [2.75, 3.05) is 31.2 Å². The average Bonchev–Trinajstić information content (AvgIpc) is 3.13. The number of benzene rings is 1. The van der Waals surface area contributed by atoms with Crippen LogP contribution in [-0.2, 0) is 4.74 Å². The van der Waals surface area contributed by atoms with Crippen LogP contribution in [0.5, 0.6) is 0 Å². The van der Waals surface area contributed by atoms with Gasteiger partial charge in [0.25, 0.3) is 0 Å². The highest BCUT2D eigenvalue weighted by Gasteiger charge is 2.14. The molecule has 3 heterocycles. The third-order valence-corrected chi connectivity index (χ3v) is 5.17. The standard InChI is InChI=1S/C19H19N3OS/c1-14-11-16(22-7-9-23-10-8-22)4-5-17(14)18-13-24-19(21-18)15-3-2-6-20-12-15/h2-6,11-13H,7-10H2,1H3. The van der Waals surface area contributed by atoms with E-state index in [-0.39, 0.29) is 0 Å². The van der Waals surface area contributed by atoms with Crippen molar-refractivity contribution < 1.29 is 4.74 Å². The number of nitrogens with zero attached hydrogens (tertiary/aromatic N) is 3. The molecule has 1 fully saturated rings. The molecule has 0 atom stereocenters. The van der Waals surface area contributed by atoms with Gasteiger partial charge in [-0.25, -0.2) is 4.98 Å². The predicted octanol–water partition coefficient (Wildman–Crippen LogP) is 4.02. The van der Waals surface area contributed by atoms with E-state index in [0.717, 1.165) is 42.6 Å². The first-order valence-corrected chi connectivity index (χ1v) is 8.99. The molecule has 0 amide bonds. The zero-order valence-corrected chi connectivity index (χ0v) is 14.4. The van der Waals surface area contributed by atoms with Crippen LogP contribution in [-0.4, -0.2) is 36.3 Å². The van der Waals surface area contributed by atoms with E-state index in [0.29, 0.717) is 0 Å². The molecule has 0 saturated carbocycles. The van der Waals surface area contributed by atoms with Crippen molar-refractivity contribution in [1.82, 2.24) is 9.97 Å². The average molecular weight is 337 g/mol. The fourth-order valence-corrected chi connectivity index (χ4v) is 3.78. The van der Waals surface area contributed by atoms with E-state index in [9.17, 15) is 0 Å². The van der Waals surface area contributed by atoms with Crippen molar-refractivity contribution in [2.24, 2.45) is 0 Å². The summed E-state index contributed by atoms with van der Waals surface area (Å²) in [6.45, 7) is 5.69. The van der Waals surface area contributed by atoms with Crippen LogP contribution in [0.4, 0.5) is 5.69 Å². The molecular weight excluding hydrogens is 318 g/mol. The van der Waals surface area contributed by atoms with E-state index in [1.807, 2.05) is 18.3 Å². The van der Waals surface area contributed by atoms with Crippen molar-refractivity contribution >= 4 is 17.0 Å². The van der Waals surface area contributed by atoms with Gasteiger partial charge in [0.15, 0.2) is 0 Å². The Morgan fingerprint density at radius 3 is 2.79 bits per heavy atom. The molecule has 122 valence electrons. The number of rotatable bonds is 3. The molecule has 1 aromatic carbocycles. The number of aromatic nitrogens is 2. The lowest BCUT2D eigenvalue weighted by molar-refractivity contribution is 0.122. The zero-order valence-electron chi connectivity index (χ0n) is 13.6. The minimum atomic E-state index is 0.807. The number of morpholine rings is 1. The number of hydrogen-bond acceptors (Lipinski definition) is 5. The third-order valence-electron chi connectivity index (χ3n) is 4.27. The molecule has 0 spiro atoms. The molecule has 4 rings (SSSR count). The van der Waals surface area contributed by atoms with E-state index in [1.165, 1.54) is 16.8 Å². The first-order valence-electron chi connectivity index (χ1n) is 8.11. The van der Waals surface area contributed by atoms with Crippen LogP contribution in [0.2, 0.25) is 0 Å². The molecule has 24 heavy (non-hydrogen) atoms. The zero-order chi connectivity index (χ0) is 16.4. The topological polar surface area (TPSA) is 38.2 Å². The Bertz CT molecular complexity index is 826. The molecule has 1 aliphatic heterocycles. The lowest BCUT2D eigenvalue weighted by atomic mass is 10.0. The van der Waals surface area contributed by atoms with Crippen LogP contribution in [0.25, 0.3) is 21.8 Å². The van der Waals surface area contributed by atoms with Crippen molar-refractivity contribution in [3.63, 3.8) is 0 Å². The van der Waals surface area contributed by atoms with Crippen LogP contribution < -0.4 is 4.90 Å². The molecule has 1 aliphatic rings. The summed E-state index contributed by atoms with van der Waals surface area (Å²) in [6, 6.07) is 10.6. The van der Waals surface area contributed by atoms with Crippen LogP contribution in [0.1, 0.15) is 5.56 Å². The van der Waals surface area contributed by atoms with Gasteiger partial charge in [0, 0.05) is 47.7 Å². The van der Waals surface area contributed by atoms with Crippen LogP contribution >= 0.6 is 11.3 Å². The van der Waals surface area contributed by atoms with Gasteiger partial charge < -0.3 is 9.64 Å². The Morgan fingerprint density at radius 1 is 1.17 bits per heavy atom. The predicted molar refractivity (Wildman–Crippen MR) is 98.6 cm³/mol. The van der Waals surface area contributed by atoms with Gasteiger partial charge in [0.05, 0.1) is 18.9 Å². The summed E-state index contributed by atoms with van der Waals surface area (Å²) in [7, 11) is 0. The summed E-state index contributed by atoms with van der Waals surface area (Å²) in [6.07, 6.45) is 3.64. The maximum atomic E-state index is 5.43. The van der Waals surface area contributed by atoms with Gasteiger partial charge in [-0.1, -0.05) is 6.07 Å². The van der Waals surface area contributed by atoms with Gasteiger partial charge >= 0.3 is 0 Å². The minimum absolute atomic E-state index is 0.807. The highest BCUT2D eigenvalue weighted by Crippen LogP contribution is 2.32. The summed E-state index contributed by atoms with van der Waals surface area (Å²) in [5.74, 6) is 0. The van der Waals surface area contributed by atoms with Gasteiger partial charge in [0.2, 0.25) is 0 Å². The second-order valence-corrected chi connectivity index (χ2v) is 6.74. The Labute approximate surface area is 145 Å². The molecule has 0 bridgehead atoms. The largest absolute Gasteiger partial charge is 0.378 e. The van der Waals surface area contributed by atoms with Crippen molar-refractivity contribution in [3.05, 3.63) is 53.7 Å². The number of ether oxygens (including phenoxy) is 1. The fourth-order valence-electron chi connectivity index (χ4n) is 2.97. The maximum absolute atomic E-state index is 5.43. The lowest BCUT2D eigenvalue weighted by Crippen LogP contribution is -2.36. The van der Waals surface area contributed by atoms with Gasteiger partial charge in [0.1, 0.15) is 5.01 Å². The first-order chi connectivity index (χ1) is 11.8. The van der Waals surface area contributed by atoms with Crippen molar-refractivity contribution in [3.8, 4) is 21.8 Å². The second-order valence-electron chi connectivity index (χ2n) is 5.88. The van der Waals surface area contributed by atoms with E-state index < -0.39 is 0 Å². The molecule has 0 radical (unpaired) electrons. The molecule has 0 N–H and O–H groups in total. The highest BCUT2D eigenvalue weighted by atomic mass is 32.1. The fraction of sp³-hybridized carbons (Fsp3) is 0.263. The monoisotopic (exact) mass is 337 g/mol. The Balaban J connectivity index is 1.61. The highest BCUT2D eigenvalue weighted by molar-refractivity contribution is 7.13. The van der Waals surface area contributed by atoms with Crippen LogP contribution in [0.3, 0.4) is 0 Å². The minimum Gasteiger partial charge on any atom is -0.378 e. The quantitative estimate of drug-likeness (QED) is 0.723. The Morgan fingerprint density at radius 2 is 2.04 bits per heavy atom. The molecular formula is C19H19N3OS. The molecule has 0 aliphatic carbocycles.